The summed E-state index contributed by atoms with van der Waals surface area (Å²) in [6, 6.07) is 68.0. The highest BCUT2D eigenvalue weighted by molar-refractivity contribution is 7.27. The Balaban J connectivity index is 1.17. The molecule has 0 aliphatic carbocycles. The molecule has 0 saturated heterocycles. The number of furan rings is 1. The number of hydrogen-bond donors (Lipinski definition) is 1. The van der Waals surface area contributed by atoms with Crippen molar-refractivity contribution in [1.29, 1.82) is 5.41 Å². The highest BCUT2D eigenvalue weighted by Gasteiger charge is 2.23. The molecule has 0 unspecified atom stereocenters. The van der Waals surface area contributed by atoms with E-state index in [1.807, 2.05) is 59.9 Å². The van der Waals surface area contributed by atoms with Gasteiger partial charge in [0.25, 0.3) is 0 Å². The quantitative estimate of drug-likeness (QED) is 0.0832. The minimum absolute atomic E-state index is 0.235. The van der Waals surface area contributed by atoms with E-state index in [4.69, 9.17) is 9.41 Å². The summed E-state index contributed by atoms with van der Waals surface area (Å²) in [6.07, 6.45) is 7.59. The van der Waals surface area contributed by atoms with Gasteiger partial charge in [0.2, 0.25) is 0 Å². The maximum absolute atomic E-state index is 9.68. The van der Waals surface area contributed by atoms with Gasteiger partial charge in [-0.2, -0.15) is 0 Å². The Kier molecular flexibility index (Phi) is 10.2. The zero-order valence-corrected chi connectivity index (χ0v) is 36.1. The van der Waals surface area contributed by atoms with Crippen LogP contribution in [0.25, 0.3) is 81.3 Å². The van der Waals surface area contributed by atoms with Crippen LogP contribution in [0, 0.1) is 5.41 Å². The third-order valence-corrected chi connectivity index (χ3v) is 13.5. The number of nitrogens with one attached hydrogen (secondary N) is 1. The van der Waals surface area contributed by atoms with E-state index in [-0.39, 0.29) is 5.84 Å². The number of benzene rings is 8. The largest absolute Gasteiger partial charge is 0.456 e. The van der Waals surface area contributed by atoms with Crippen molar-refractivity contribution < 1.29 is 4.42 Å². The van der Waals surface area contributed by atoms with Crippen LogP contribution >= 0.6 is 11.3 Å². The molecule has 0 saturated carbocycles. The monoisotopic (exact) mass is 841 g/mol. The average Bonchev–Trinajstić information content (AvgIpc) is 4.03. The molecular weight excluding hydrogens is 799 g/mol. The summed E-state index contributed by atoms with van der Waals surface area (Å²) in [5.41, 5.74) is 12.2. The van der Waals surface area contributed by atoms with E-state index >= 15 is 0 Å². The van der Waals surface area contributed by atoms with Crippen molar-refractivity contribution >= 4 is 104 Å². The predicted octanol–water partition coefficient (Wildman–Crippen LogP) is 16.2. The molecule has 64 heavy (non-hydrogen) atoms. The van der Waals surface area contributed by atoms with Crippen LogP contribution in [0.15, 0.2) is 221 Å². The normalized spacial score (nSPS) is 13.0. The molecule has 0 aliphatic heterocycles. The first-order valence-corrected chi connectivity index (χ1v) is 22.6. The Hall–Kier alpha value is -7.86. The summed E-state index contributed by atoms with van der Waals surface area (Å²) in [4.78, 5) is 5.09. The highest BCUT2D eigenvalue weighted by Crippen LogP contribution is 2.47. The van der Waals surface area contributed by atoms with Crippen LogP contribution in [0.4, 0.5) is 0 Å². The Morgan fingerprint density at radius 2 is 1.19 bits per heavy atom. The molecule has 4 nitrogen and oxygen atoms in total. The summed E-state index contributed by atoms with van der Waals surface area (Å²) < 4.78 is 11.4. The lowest BCUT2D eigenvalue weighted by atomic mass is 9.95. The standard InChI is InChI=1S/C59H43N3OS/c1-2-41(59(60)61-49(43-25-13-6-14-26-43)34-31-39-19-7-3-8-20-39)38-48(42-23-11-5-12-24-42)52(37-40-21-9-4-10-22-40)62-50-29-17-15-27-46(50)55-51(62)35-32-44-45-33-36-54-56(58(45)64-57(44)55)47-28-16-18-30-53(47)63-54/h3-36,38,60H,2,37H2,1H3/b34-31+,41-38+,52-48-,60-59?,61-49+. The number of para-hydroxylation sites is 2. The number of nitrogens with zero attached hydrogens (tertiary/aromatic N) is 2. The first-order valence-electron chi connectivity index (χ1n) is 21.8. The van der Waals surface area contributed by atoms with Crippen molar-refractivity contribution in [3.8, 4) is 0 Å². The second-order valence-corrected chi connectivity index (χ2v) is 17.1. The van der Waals surface area contributed by atoms with Gasteiger partial charge in [-0.25, -0.2) is 4.99 Å². The third kappa shape index (κ3) is 7.06. The number of aliphatic imine (C=N–C) groups is 1. The van der Waals surface area contributed by atoms with Gasteiger partial charge in [0.05, 0.1) is 16.7 Å². The van der Waals surface area contributed by atoms with Gasteiger partial charge in [0.15, 0.2) is 0 Å². The van der Waals surface area contributed by atoms with Crippen LogP contribution in [0.2, 0.25) is 0 Å². The lowest BCUT2D eigenvalue weighted by molar-refractivity contribution is 0.669. The summed E-state index contributed by atoms with van der Waals surface area (Å²) >= 11 is 1.86. The van der Waals surface area contributed by atoms with Gasteiger partial charge in [-0.05, 0) is 71.2 Å². The molecule has 8 aromatic carbocycles. The fraction of sp³-hybridized carbons (Fsp3) is 0.0508. The SMILES string of the molecule is CC/C(=C\C(=C(/Cc1ccccc1)n1c2ccccc2c2c3sc4c(ccc5oc6ccccc6c54)c3ccc21)c1ccccc1)C(=N)/N=C(\C=C\c1ccccc1)c1ccccc1. The van der Waals surface area contributed by atoms with Crippen LogP contribution in [0.5, 0.6) is 0 Å². The molecule has 0 bridgehead atoms. The van der Waals surface area contributed by atoms with E-state index in [9.17, 15) is 5.41 Å². The molecule has 306 valence electrons. The molecule has 3 heterocycles. The molecule has 0 amide bonds. The molecule has 3 aromatic heterocycles. The van der Waals surface area contributed by atoms with E-state index in [0.717, 1.165) is 66.8 Å². The van der Waals surface area contributed by atoms with Crippen molar-refractivity contribution in [1.82, 2.24) is 4.57 Å². The lowest BCUT2D eigenvalue weighted by Gasteiger charge is -2.19. The predicted molar refractivity (Wildman–Crippen MR) is 274 cm³/mol. The zero-order valence-electron chi connectivity index (χ0n) is 35.3. The fourth-order valence-electron chi connectivity index (χ4n) is 9.13. The Morgan fingerprint density at radius 1 is 0.578 bits per heavy atom. The van der Waals surface area contributed by atoms with Crippen LogP contribution in [-0.4, -0.2) is 16.1 Å². The zero-order chi connectivity index (χ0) is 43.0. The first kappa shape index (κ1) is 39.0. The van der Waals surface area contributed by atoms with Crippen LogP contribution in [-0.2, 0) is 6.42 Å². The van der Waals surface area contributed by atoms with Crippen molar-refractivity contribution in [2.45, 2.75) is 19.8 Å². The molecule has 1 N–H and O–H groups in total. The molecule has 0 spiro atoms. The second-order valence-electron chi connectivity index (χ2n) is 16.1. The van der Waals surface area contributed by atoms with Crippen LogP contribution in [0.3, 0.4) is 0 Å². The van der Waals surface area contributed by atoms with Gasteiger partial charge < -0.3 is 8.98 Å². The first-order chi connectivity index (χ1) is 31.6. The van der Waals surface area contributed by atoms with Gasteiger partial charge in [0.1, 0.15) is 17.0 Å². The van der Waals surface area contributed by atoms with Gasteiger partial charge in [0, 0.05) is 65.0 Å². The molecule has 0 atom stereocenters. The second kappa shape index (κ2) is 16.8. The highest BCUT2D eigenvalue weighted by atomic mass is 32.1. The Morgan fingerprint density at radius 3 is 1.92 bits per heavy atom. The molecular formula is C59H43N3OS. The number of hydrogen-bond acceptors (Lipinski definition) is 3. The molecule has 11 aromatic rings. The van der Waals surface area contributed by atoms with Crippen molar-refractivity contribution in [2.75, 3.05) is 0 Å². The number of rotatable bonds is 10. The number of amidine groups is 1. The van der Waals surface area contributed by atoms with E-state index in [1.165, 1.54) is 41.9 Å². The molecule has 11 rings (SSSR count). The van der Waals surface area contributed by atoms with Gasteiger partial charge >= 0.3 is 0 Å². The number of fused-ring (bicyclic) bond motifs is 11. The average molecular weight is 842 g/mol. The minimum Gasteiger partial charge on any atom is -0.456 e. The van der Waals surface area contributed by atoms with Crippen LogP contribution in [0.1, 0.15) is 35.6 Å². The maximum atomic E-state index is 9.68. The maximum Gasteiger partial charge on any atom is 0.148 e. The molecule has 0 radical (unpaired) electrons. The van der Waals surface area contributed by atoms with Crippen LogP contribution < -0.4 is 0 Å². The fourth-order valence-corrected chi connectivity index (χ4v) is 10.5. The topological polar surface area (TPSA) is 54.3 Å². The molecule has 0 fully saturated rings. The van der Waals surface area contributed by atoms with Crippen molar-refractivity contribution in [3.63, 3.8) is 0 Å². The van der Waals surface area contributed by atoms with E-state index in [1.54, 1.807) is 0 Å². The van der Waals surface area contributed by atoms with Gasteiger partial charge in [-0.15, -0.1) is 11.3 Å². The number of allylic oxidation sites excluding steroid dienone is 4. The summed E-state index contributed by atoms with van der Waals surface area (Å²) in [5, 5.41) is 16.9. The number of thiophene rings is 1. The molecule has 5 heteroatoms. The van der Waals surface area contributed by atoms with E-state index in [0.29, 0.717) is 12.8 Å². The number of aromatic nitrogens is 1. The van der Waals surface area contributed by atoms with Crippen molar-refractivity contribution in [2.24, 2.45) is 4.99 Å². The lowest BCUT2D eigenvalue weighted by Crippen LogP contribution is -2.07. The third-order valence-electron chi connectivity index (χ3n) is 12.2. The van der Waals surface area contributed by atoms with E-state index in [2.05, 4.69) is 175 Å². The summed E-state index contributed by atoms with van der Waals surface area (Å²) in [5.74, 6) is 0.235. The van der Waals surface area contributed by atoms with Gasteiger partial charge in [-0.1, -0.05) is 177 Å². The Bertz CT molecular complexity index is 3660. The van der Waals surface area contributed by atoms with E-state index < -0.39 is 0 Å². The van der Waals surface area contributed by atoms with Gasteiger partial charge in [-0.3, -0.25) is 5.41 Å². The minimum atomic E-state index is 0.235. The Labute approximate surface area is 375 Å². The molecule has 0 aliphatic rings. The summed E-state index contributed by atoms with van der Waals surface area (Å²) in [6.45, 7) is 2.12. The van der Waals surface area contributed by atoms with Crippen molar-refractivity contribution in [3.05, 3.63) is 234 Å². The summed E-state index contributed by atoms with van der Waals surface area (Å²) in [7, 11) is 0. The smallest absolute Gasteiger partial charge is 0.148 e.